The van der Waals surface area contributed by atoms with Crippen LogP contribution < -0.4 is 5.32 Å². The summed E-state index contributed by atoms with van der Waals surface area (Å²) < 4.78 is 2.12. The SMILES string of the molecule is CCc1ccc(Nc2ncnc3c2cc(-c2ccc(C)cc2)n3C)cc1. The third kappa shape index (κ3) is 2.94. The molecule has 0 aliphatic carbocycles. The van der Waals surface area contributed by atoms with Crippen molar-refractivity contribution in [1.29, 1.82) is 0 Å². The van der Waals surface area contributed by atoms with Gasteiger partial charge in [0.25, 0.3) is 0 Å². The fourth-order valence-corrected chi connectivity index (χ4v) is 3.20. The van der Waals surface area contributed by atoms with Gasteiger partial charge in [-0.25, -0.2) is 9.97 Å². The van der Waals surface area contributed by atoms with Crippen LogP contribution in [-0.2, 0) is 13.5 Å². The number of rotatable bonds is 4. The lowest BCUT2D eigenvalue weighted by Gasteiger charge is -2.07. The van der Waals surface area contributed by atoms with Crippen molar-refractivity contribution < 1.29 is 0 Å². The van der Waals surface area contributed by atoms with Gasteiger partial charge in [0, 0.05) is 12.7 Å². The highest BCUT2D eigenvalue weighted by molar-refractivity contribution is 5.93. The number of fused-ring (bicyclic) bond motifs is 1. The lowest BCUT2D eigenvalue weighted by atomic mass is 10.1. The van der Waals surface area contributed by atoms with Crippen molar-refractivity contribution in [2.75, 3.05) is 5.32 Å². The molecular formula is C22H22N4. The molecule has 2 aromatic heterocycles. The van der Waals surface area contributed by atoms with Crippen molar-refractivity contribution >= 4 is 22.5 Å². The van der Waals surface area contributed by atoms with Gasteiger partial charge in [-0.1, -0.05) is 48.9 Å². The van der Waals surface area contributed by atoms with Gasteiger partial charge >= 0.3 is 0 Å². The van der Waals surface area contributed by atoms with Crippen LogP contribution in [0.3, 0.4) is 0 Å². The minimum Gasteiger partial charge on any atom is -0.340 e. The Hall–Kier alpha value is -3.14. The minimum atomic E-state index is 0.827. The Morgan fingerprint density at radius 3 is 2.38 bits per heavy atom. The number of benzene rings is 2. The first-order valence-corrected chi connectivity index (χ1v) is 8.89. The number of aromatic nitrogens is 3. The highest BCUT2D eigenvalue weighted by atomic mass is 15.1. The Balaban J connectivity index is 1.76. The van der Waals surface area contributed by atoms with Gasteiger partial charge in [-0.05, 0) is 42.7 Å². The molecule has 4 heteroatoms. The smallest absolute Gasteiger partial charge is 0.145 e. The summed E-state index contributed by atoms with van der Waals surface area (Å²) in [5.41, 5.74) is 6.83. The zero-order chi connectivity index (χ0) is 18.1. The number of aryl methyl sites for hydroxylation is 3. The molecule has 0 radical (unpaired) electrons. The molecule has 0 saturated heterocycles. The second-order valence-corrected chi connectivity index (χ2v) is 6.59. The molecule has 0 aliphatic rings. The summed E-state index contributed by atoms with van der Waals surface area (Å²) in [7, 11) is 2.05. The molecule has 2 heterocycles. The lowest BCUT2D eigenvalue weighted by Crippen LogP contribution is -1.97. The van der Waals surface area contributed by atoms with E-state index in [4.69, 9.17) is 0 Å². The summed E-state index contributed by atoms with van der Waals surface area (Å²) in [5.74, 6) is 0.827. The molecule has 130 valence electrons. The van der Waals surface area contributed by atoms with Crippen LogP contribution in [0.25, 0.3) is 22.3 Å². The fraction of sp³-hybridized carbons (Fsp3) is 0.182. The Kier molecular flexibility index (Phi) is 4.17. The van der Waals surface area contributed by atoms with Gasteiger partial charge in [0.15, 0.2) is 0 Å². The average Bonchev–Trinajstić information content (AvgIpc) is 3.01. The van der Waals surface area contributed by atoms with Crippen LogP contribution in [0.15, 0.2) is 60.9 Å². The maximum absolute atomic E-state index is 4.49. The first kappa shape index (κ1) is 16.3. The lowest BCUT2D eigenvalue weighted by molar-refractivity contribution is 0.952. The van der Waals surface area contributed by atoms with E-state index in [0.29, 0.717) is 0 Å². The molecule has 0 saturated carbocycles. The van der Waals surface area contributed by atoms with E-state index in [0.717, 1.165) is 34.7 Å². The van der Waals surface area contributed by atoms with Gasteiger partial charge in [-0.3, -0.25) is 0 Å². The minimum absolute atomic E-state index is 0.827. The van der Waals surface area contributed by atoms with Crippen LogP contribution in [0.5, 0.6) is 0 Å². The zero-order valence-corrected chi connectivity index (χ0v) is 15.3. The molecule has 0 bridgehead atoms. The second kappa shape index (κ2) is 6.64. The zero-order valence-electron chi connectivity index (χ0n) is 15.3. The third-order valence-corrected chi connectivity index (χ3v) is 4.80. The van der Waals surface area contributed by atoms with E-state index < -0.39 is 0 Å². The molecule has 26 heavy (non-hydrogen) atoms. The normalized spacial score (nSPS) is 11.0. The number of nitrogens with zero attached hydrogens (tertiary/aromatic N) is 3. The van der Waals surface area contributed by atoms with Gasteiger partial charge in [0.05, 0.1) is 11.1 Å². The molecule has 2 aromatic carbocycles. The second-order valence-electron chi connectivity index (χ2n) is 6.59. The molecule has 0 unspecified atom stereocenters. The monoisotopic (exact) mass is 342 g/mol. The summed E-state index contributed by atoms with van der Waals surface area (Å²) >= 11 is 0. The van der Waals surface area contributed by atoms with Crippen LogP contribution in [0.4, 0.5) is 11.5 Å². The van der Waals surface area contributed by atoms with Gasteiger partial charge in [-0.15, -0.1) is 0 Å². The van der Waals surface area contributed by atoms with Crippen molar-refractivity contribution in [3.05, 3.63) is 72.1 Å². The summed E-state index contributed by atoms with van der Waals surface area (Å²) in [6.07, 6.45) is 2.65. The topological polar surface area (TPSA) is 42.7 Å². The summed E-state index contributed by atoms with van der Waals surface area (Å²) in [4.78, 5) is 8.96. The van der Waals surface area contributed by atoms with E-state index in [9.17, 15) is 0 Å². The fourth-order valence-electron chi connectivity index (χ4n) is 3.20. The standard InChI is InChI=1S/C22H22N4/c1-4-16-7-11-18(12-8-16)25-21-19-13-20(17-9-5-15(2)6-10-17)26(3)22(19)24-14-23-21/h5-14H,4H2,1-3H3,(H,23,24,25). The predicted octanol–water partition coefficient (Wildman–Crippen LogP) is 5.25. The molecule has 4 rings (SSSR count). The number of anilines is 2. The van der Waals surface area contributed by atoms with Crippen molar-refractivity contribution in [1.82, 2.24) is 14.5 Å². The number of hydrogen-bond acceptors (Lipinski definition) is 3. The van der Waals surface area contributed by atoms with E-state index in [1.54, 1.807) is 6.33 Å². The van der Waals surface area contributed by atoms with Crippen molar-refractivity contribution in [2.24, 2.45) is 7.05 Å². The maximum Gasteiger partial charge on any atom is 0.145 e. The largest absolute Gasteiger partial charge is 0.340 e. The quantitative estimate of drug-likeness (QED) is 0.551. The Bertz CT molecular complexity index is 1040. The molecule has 0 amide bonds. The highest BCUT2D eigenvalue weighted by Gasteiger charge is 2.13. The molecule has 4 aromatic rings. The van der Waals surface area contributed by atoms with Crippen molar-refractivity contribution in [3.63, 3.8) is 0 Å². The van der Waals surface area contributed by atoms with E-state index in [1.807, 2.05) is 7.05 Å². The molecule has 0 fully saturated rings. The highest BCUT2D eigenvalue weighted by Crippen LogP contribution is 2.30. The third-order valence-electron chi connectivity index (χ3n) is 4.80. The van der Waals surface area contributed by atoms with E-state index in [1.165, 1.54) is 16.7 Å². The van der Waals surface area contributed by atoms with Crippen molar-refractivity contribution in [2.45, 2.75) is 20.3 Å². The Morgan fingerprint density at radius 2 is 1.69 bits per heavy atom. The molecule has 0 aliphatic heterocycles. The van der Waals surface area contributed by atoms with Gasteiger partial charge in [-0.2, -0.15) is 0 Å². The van der Waals surface area contributed by atoms with E-state index in [-0.39, 0.29) is 0 Å². The average molecular weight is 342 g/mol. The van der Waals surface area contributed by atoms with E-state index >= 15 is 0 Å². The molecule has 1 N–H and O–H groups in total. The van der Waals surface area contributed by atoms with Gasteiger partial charge in [0.1, 0.15) is 17.8 Å². The summed E-state index contributed by atoms with van der Waals surface area (Å²) in [5, 5.41) is 4.45. The van der Waals surface area contributed by atoms with Crippen LogP contribution in [0.2, 0.25) is 0 Å². The summed E-state index contributed by atoms with van der Waals surface area (Å²) in [6.45, 7) is 4.26. The number of nitrogens with one attached hydrogen (secondary N) is 1. The summed E-state index contributed by atoms with van der Waals surface area (Å²) in [6, 6.07) is 19.2. The van der Waals surface area contributed by atoms with Crippen molar-refractivity contribution in [3.8, 4) is 11.3 Å². The van der Waals surface area contributed by atoms with Gasteiger partial charge in [0.2, 0.25) is 0 Å². The van der Waals surface area contributed by atoms with Gasteiger partial charge < -0.3 is 9.88 Å². The first-order valence-electron chi connectivity index (χ1n) is 8.89. The molecule has 0 atom stereocenters. The van der Waals surface area contributed by atoms with Crippen LogP contribution in [0, 0.1) is 6.92 Å². The Morgan fingerprint density at radius 1 is 0.962 bits per heavy atom. The van der Waals surface area contributed by atoms with Crippen LogP contribution in [-0.4, -0.2) is 14.5 Å². The predicted molar refractivity (Wildman–Crippen MR) is 108 cm³/mol. The Labute approximate surface area is 153 Å². The maximum atomic E-state index is 4.49. The van der Waals surface area contributed by atoms with Crippen LogP contribution in [0.1, 0.15) is 18.1 Å². The first-order chi connectivity index (χ1) is 12.7. The molecular weight excluding hydrogens is 320 g/mol. The molecule has 4 nitrogen and oxygen atoms in total. The van der Waals surface area contributed by atoms with E-state index in [2.05, 4.69) is 88.3 Å². The number of hydrogen-bond donors (Lipinski definition) is 1. The molecule has 0 spiro atoms. The van der Waals surface area contributed by atoms with Crippen LogP contribution >= 0.6 is 0 Å².